The molecule has 0 atom stereocenters. The van der Waals surface area contributed by atoms with Gasteiger partial charge in [-0.05, 0) is 67.3 Å². The zero-order chi connectivity index (χ0) is 16.1. The van der Waals surface area contributed by atoms with E-state index in [1.165, 1.54) is 43.2 Å². The lowest BCUT2D eigenvalue weighted by atomic mass is 10.1. The van der Waals surface area contributed by atoms with Crippen molar-refractivity contribution in [2.45, 2.75) is 19.3 Å². The predicted octanol–water partition coefficient (Wildman–Crippen LogP) is 4.71. The van der Waals surface area contributed by atoms with Crippen LogP contribution in [0.1, 0.15) is 35.2 Å². The Balaban J connectivity index is 1.66. The van der Waals surface area contributed by atoms with E-state index in [9.17, 15) is 9.18 Å². The van der Waals surface area contributed by atoms with Crippen molar-refractivity contribution in [3.05, 3.63) is 71.6 Å². The number of rotatable bonds is 4. The molecule has 0 unspecified atom stereocenters. The summed E-state index contributed by atoms with van der Waals surface area (Å²) >= 11 is 0. The van der Waals surface area contributed by atoms with Crippen LogP contribution in [0.15, 0.2) is 54.6 Å². The molecule has 0 N–H and O–H groups in total. The van der Waals surface area contributed by atoms with Crippen molar-refractivity contribution in [2.24, 2.45) is 0 Å². The Kier molecular flexibility index (Phi) is 4.86. The summed E-state index contributed by atoms with van der Waals surface area (Å²) in [7, 11) is 0. The molecule has 0 aliphatic carbocycles. The van der Waals surface area contributed by atoms with Crippen molar-refractivity contribution in [3.63, 3.8) is 0 Å². The first-order chi connectivity index (χ1) is 11.2. The van der Waals surface area contributed by atoms with Crippen LogP contribution < -0.4 is 4.90 Å². The molecular formula is C20H20FNO. The Bertz CT molecular complexity index is 683. The van der Waals surface area contributed by atoms with Gasteiger partial charge in [0, 0.05) is 24.3 Å². The fourth-order valence-corrected chi connectivity index (χ4v) is 2.83. The molecule has 0 radical (unpaired) electrons. The average Bonchev–Trinajstić information content (AvgIpc) is 2.62. The number of halogens is 1. The van der Waals surface area contributed by atoms with Gasteiger partial charge in [-0.15, -0.1) is 0 Å². The third-order valence-electron chi connectivity index (χ3n) is 4.17. The highest BCUT2D eigenvalue weighted by atomic mass is 19.1. The van der Waals surface area contributed by atoms with Crippen LogP contribution >= 0.6 is 0 Å². The molecule has 0 saturated carbocycles. The molecule has 3 rings (SSSR count). The van der Waals surface area contributed by atoms with E-state index >= 15 is 0 Å². The predicted molar refractivity (Wildman–Crippen MR) is 92.3 cm³/mol. The van der Waals surface area contributed by atoms with Gasteiger partial charge < -0.3 is 4.90 Å². The maximum atomic E-state index is 12.8. The molecule has 2 aromatic rings. The van der Waals surface area contributed by atoms with Crippen LogP contribution in [-0.2, 0) is 0 Å². The van der Waals surface area contributed by atoms with E-state index in [0.717, 1.165) is 18.7 Å². The van der Waals surface area contributed by atoms with Crippen molar-refractivity contribution in [1.29, 1.82) is 0 Å². The summed E-state index contributed by atoms with van der Waals surface area (Å²) in [6.07, 6.45) is 7.02. The molecule has 3 heteroatoms. The first-order valence-electron chi connectivity index (χ1n) is 8.05. The second-order valence-electron chi connectivity index (χ2n) is 5.84. The molecule has 2 nitrogen and oxygen atoms in total. The third kappa shape index (κ3) is 4.07. The zero-order valence-corrected chi connectivity index (χ0v) is 13.0. The van der Waals surface area contributed by atoms with Gasteiger partial charge in [0.1, 0.15) is 5.82 Å². The molecular weight excluding hydrogens is 289 g/mol. The summed E-state index contributed by atoms with van der Waals surface area (Å²) in [5.74, 6) is -0.318. The number of benzene rings is 2. The van der Waals surface area contributed by atoms with Crippen molar-refractivity contribution in [3.8, 4) is 0 Å². The minimum Gasteiger partial charge on any atom is -0.372 e. The Morgan fingerprint density at radius 2 is 1.57 bits per heavy atom. The van der Waals surface area contributed by atoms with Crippen molar-refractivity contribution in [1.82, 2.24) is 0 Å². The second-order valence-corrected chi connectivity index (χ2v) is 5.84. The lowest BCUT2D eigenvalue weighted by molar-refractivity contribution is 0.104. The minimum absolute atomic E-state index is 0.0421. The number of hydrogen-bond donors (Lipinski definition) is 0. The van der Waals surface area contributed by atoms with Crippen LogP contribution in [0.3, 0.4) is 0 Å². The maximum absolute atomic E-state index is 12.8. The highest BCUT2D eigenvalue weighted by Gasteiger charge is 2.11. The van der Waals surface area contributed by atoms with E-state index in [4.69, 9.17) is 0 Å². The number of carbonyl (C=O) groups excluding carboxylic acids is 1. The Morgan fingerprint density at radius 3 is 2.22 bits per heavy atom. The van der Waals surface area contributed by atoms with E-state index in [2.05, 4.69) is 4.90 Å². The van der Waals surface area contributed by atoms with Crippen LogP contribution in [0.25, 0.3) is 6.08 Å². The average molecular weight is 309 g/mol. The molecule has 0 spiro atoms. The van der Waals surface area contributed by atoms with Crippen LogP contribution in [0, 0.1) is 5.82 Å². The number of ketones is 1. The Labute approximate surface area is 136 Å². The number of anilines is 1. The van der Waals surface area contributed by atoms with Gasteiger partial charge in [0.05, 0.1) is 0 Å². The van der Waals surface area contributed by atoms with Crippen LogP contribution in [0.2, 0.25) is 0 Å². The maximum Gasteiger partial charge on any atom is 0.185 e. The molecule has 1 aliphatic heterocycles. The summed E-state index contributed by atoms with van der Waals surface area (Å²) in [4.78, 5) is 14.6. The standard InChI is InChI=1S/C20H20FNO/c21-18-9-4-16(5-10-18)6-13-20(23)17-7-11-19(12-8-17)22-14-2-1-3-15-22/h4-13H,1-3,14-15H2/b13-6+. The van der Waals surface area contributed by atoms with E-state index in [0.29, 0.717) is 5.56 Å². The number of piperidine rings is 1. The Hall–Kier alpha value is -2.42. The smallest absolute Gasteiger partial charge is 0.185 e. The largest absolute Gasteiger partial charge is 0.372 e. The summed E-state index contributed by atoms with van der Waals surface area (Å²) in [6, 6.07) is 13.9. The third-order valence-corrected chi connectivity index (χ3v) is 4.17. The number of carbonyl (C=O) groups is 1. The first-order valence-corrected chi connectivity index (χ1v) is 8.05. The van der Waals surface area contributed by atoms with Gasteiger partial charge in [-0.25, -0.2) is 4.39 Å². The summed E-state index contributed by atoms with van der Waals surface area (Å²) in [5.41, 5.74) is 2.66. The minimum atomic E-state index is -0.276. The van der Waals surface area contributed by atoms with E-state index in [1.807, 2.05) is 24.3 Å². The highest BCUT2D eigenvalue weighted by molar-refractivity contribution is 6.06. The zero-order valence-electron chi connectivity index (χ0n) is 13.0. The molecule has 1 aliphatic rings. The first kappa shape index (κ1) is 15.5. The monoisotopic (exact) mass is 309 g/mol. The lowest BCUT2D eigenvalue weighted by Crippen LogP contribution is -2.29. The van der Waals surface area contributed by atoms with E-state index in [-0.39, 0.29) is 11.6 Å². The topological polar surface area (TPSA) is 20.3 Å². The molecule has 118 valence electrons. The second kappa shape index (κ2) is 7.23. The molecule has 1 heterocycles. The molecule has 1 saturated heterocycles. The van der Waals surface area contributed by atoms with Crippen LogP contribution in [-0.4, -0.2) is 18.9 Å². The molecule has 23 heavy (non-hydrogen) atoms. The fourth-order valence-electron chi connectivity index (χ4n) is 2.83. The van der Waals surface area contributed by atoms with Gasteiger partial charge in [0.15, 0.2) is 5.78 Å². The summed E-state index contributed by atoms with van der Waals surface area (Å²) in [5, 5.41) is 0. The van der Waals surface area contributed by atoms with Crippen LogP contribution in [0.5, 0.6) is 0 Å². The molecule has 2 aromatic carbocycles. The Morgan fingerprint density at radius 1 is 0.913 bits per heavy atom. The van der Waals surface area contributed by atoms with Gasteiger partial charge in [0.2, 0.25) is 0 Å². The molecule has 0 bridgehead atoms. The van der Waals surface area contributed by atoms with E-state index in [1.54, 1.807) is 18.2 Å². The summed E-state index contributed by atoms with van der Waals surface area (Å²) in [6.45, 7) is 2.19. The number of hydrogen-bond acceptors (Lipinski definition) is 2. The summed E-state index contributed by atoms with van der Waals surface area (Å²) < 4.78 is 12.8. The fraction of sp³-hybridized carbons (Fsp3) is 0.250. The number of nitrogens with zero attached hydrogens (tertiary/aromatic N) is 1. The highest BCUT2D eigenvalue weighted by Crippen LogP contribution is 2.20. The van der Waals surface area contributed by atoms with Gasteiger partial charge in [-0.2, -0.15) is 0 Å². The molecule has 1 fully saturated rings. The lowest BCUT2D eigenvalue weighted by Gasteiger charge is -2.28. The quantitative estimate of drug-likeness (QED) is 0.602. The van der Waals surface area contributed by atoms with Gasteiger partial charge in [-0.3, -0.25) is 4.79 Å². The van der Waals surface area contributed by atoms with Gasteiger partial charge >= 0.3 is 0 Å². The molecule has 0 amide bonds. The van der Waals surface area contributed by atoms with Crippen molar-refractivity contribution >= 4 is 17.5 Å². The van der Waals surface area contributed by atoms with Gasteiger partial charge in [0.25, 0.3) is 0 Å². The van der Waals surface area contributed by atoms with Gasteiger partial charge in [-0.1, -0.05) is 18.2 Å². The van der Waals surface area contributed by atoms with E-state index < -0.39 is 0 Å². The molecule has 0 aromatic heterocycles. The van der Waals surface area contributed by atoms with Crippen molar-refractivity contribution < 1.29 is 9.18 Å². The number of allylic oxidation sites excluding steroid dienone is 1. The van der Waals surface area contributed by atoms with Crippen molar-refractivity contribution in [2.75, 3.05) is 18.0 Å². The van der Waals surface area contributed by atoms with Crippen LogP contribution in [0.4, 0.5) is 10.1 Å². The normalized spacial score (nSPS) is 15.1. The SMILES string of the molecule is O=C(/C=C/c1ccc(F)cc1)c1ccc(N2CCCCC2)cc1.